The molecule has 1 atom stereocenters. The fourth-order valence-corrected chi connectivity index (χ4v) is 7.55. The average molecular weight is 586 g/mol. The standard InChI is InChI=1S/C27H21F2N3O6S2/c28-16-3-1-15(2-4-16)13-32-23-10-5-17(29)11-20(23)26(33)25(27(32)34)22-14-39(35,36)24-12-18(6-9-21(24)30-22)31-40(37,38)19-7-8-19/h1-6,9-12,14,19,25,30-31H,7-8,13H2. The van der Waals surface area contributed by atoms with Crippen LogP contribution in [0.2, 0.25) is 0 Å². The number of amides is 1. The second-order valence-corrected chi connectivity index (χ2v) is 13.5. The van der Waals surface area contributed by atoms with Gasteiger partial charge in [-0.05, 0) is 66.9 Å². The van der Waals surface area contributed by atoms with Gasteiger partial charge in [-0.25, -0.2) is 25.6 Å². The number of halogens is 2. The van der Waals surface area contributed by atoms with Gasteiger partial charge in [0.05, 0.1) is 33.5 Å². The number of hydrogen-bond acceptors (Lipinski definition) is 7. The molecule has 6 rings (SSSR count). The van der Waals surface area contributed by atoms with Crippen molar-refractivity contribution in [1.82, 2.24) is 0 Å². The summed E-state index contributed by atoms with van der Waals surface area (Å²) in [5, 5.41) is 3.08. The Balaban J connectivity index is 1.37. The van der Waals surface area contributed by atoms with Crippen molar-refractivity contribution in [3.05, 3.63) is 94.5 Å². The van der Waals surface area contributed by atoms with E-state index in [1.54, 1.807) is 0 Å². The Morgan fingerprint density at radius 1 is 0.950 bits per heavy atom. The molecule has 1 unspecified atom stereocenters. The number of nitrogens with zero attached hydrogens (tertiary/aromatic N) is 1. The zero-order valence-corrected chi connectivity index (χ0v) is 22.2. The maximum Gasteiger partial charge on any atom is 0.244 e. The number of anilines is 3. The number of hydrogen-bond donors (Lipinski definition) is 2. The van der Waals surface area contributed by atoms with E-state index in [9.17, 15) is 35.2 Å². The summed E-state index contributed by atoms with van der Waals surface area (Å²) < 4.78 is 81.2. The first-order chi connectivity index (χ1) is 18.9. The van der Waals surface area contributed by atoms with Gasteiger partial charge in [-0.3, -0.25) is 14.3 Å². The first-order valence-corrected chi connectivity index (χ1v) is 15.3. The molecule has 40 heavy (non-hydrogen) atoms. The number of sulfonamides is 1. The van der Waals surface area contributed by atoms with E-state index in [1.165, 1.54) is 53.4 Å². The summed E-state index contributed by atoms with van der Waals surface area (Å²) in [5.41, 5.74) is 0.442. The molecule has 0 aromatic heterocycles. The van der Waals surface area contributed by atoms with Gasteiger partial charge in [-0.2, -0.15) is 0 Å². The summed E-state index contributed by atoms with van der Waals surface area (Å²) in [6, 6.07) is 12.6. The molecule has 3 aromatic carbocycles. The molecule has 206 valence electrons. The van der Waals surface area contributed by atoms with Gasteiger partial charge < -0.3 is 10.2 Å². The number of fused-ring (bicyclic) bond motifs is 2. The number of benzene rings is 3. The van der Waals surface area contributed by atoms with Gasteiger partial charge in [0.25, 0.3) is 0 Å². The molecule has 0 bridgehead atoms. The molecular weight excluding hydrogens is 564 g/mol. The number of rotatable bonds is 6. The Labute approximate surface area is 228 Å². The lowest BCUT2D eigenvalue weighted by atomic mass is 9.87. The Morgan fingerprint density at radius 3 is 2.35 bits per heavy atom. The summed E-state index contributed by atoms with van der Waals surface area (Å²) in [5.74, 6) is -4.37. The maximum absolute atomic E-state index is 14.2. The molecule has 3 aliphatic rings. The largest absolute Gasteiger partial charge is 0.356 e. The Kier molecular flexibility index (Phi) is 6.04. The molecule has 1 saturated carbocycles. The van der Waals surface area contributed by atoms with Crippen molar-refractivity contribution in [2.24, 2.45) is 5.92 Å². The van der Waals surface area contributed by atoms with Crippen LogP contribution in [0, 0.1) is 17.6 Å². The Bertz CT molecular complexity index is 1840. The van der Waals surface area contributed by atoms with Crippen molar-refractivity contribution < 1.29 is 35.2 Å². The van der Waals surface area contributed by atoms with Crippen molar-refractivity contribution in [1.29, 1.82) is 0 Å². The van der Waals surface area contributed by atoms with E-state index in [-0.39, 0.29) is 39.8 Å². The first-order valence-electron chi connectivity index (χ1n) is 12.2. The molecule has 9 nitrogen and oxygen atoms in total. The van der Waals surface area contributed by atoms with Crippen LogP contribution in [0.25, 0.3) is 0 Å². The van der Waals surface area contributed by atoms with Crippen LogP contribution >= 0.6 is 0 Å². The van der Waals surface area contributed by atoms with Crippen LogP contribution in [0.5, 0.6) is 0 Å². The van der Waals surface area contributed by atoms with Crippen LogP contribution in [-0.2, 0) is 31.2 Å². The summed E-state index contributed by atoms with van der Waals surface area (Å²) >= 11 is 0. The van der Waals surface area contributed by atoms with Gasteiger partial charge in [-0.15, -0.1) is 0 Å². The normalized spacial score (nSPS) is 19.8. The third kappa shape index (κ3) is 4.64. The number of nitrogens with one attached hydrogen (secondary N) is 2. The SMILES string of the molecule is O=C1c2cc(F)ccc2N(Cc2ccc(F)cc2)C(=O)C1C1=CS(=O)(=O)c2cc(NS(=O)(=O)C3CC3)ccc2N1. The van der Waals surface area contributed by atoms with Crippen LogP contribution in [0.15, 0.2) is 76.7 Å². The lowest BCUT2D eigenvalue weighted by molar-refractivity contribution is -0.120. The second-order valence-electron chi connectivity index (χ2n) is 9.81. The lowest BCUT2D eigenvalue weighted by Crippen LogP contribution is -2.46. The third-order valence-electron chi connectivity index (χ3n) is 6.93. The first kappa shape index (κ1) is 26.1. The molecule has 1 fully saturated rings. The quantitative estimate of drug-likeness (QED) is 0.419. The fourth-order valence-electron chi connectivity index (χ4n) is 4.80. The van der Waals surface area contributed by atoms with Crippen molar-refractivity contribution >= 4 is 48.6 Å². The highest BCUT2D eigenvalue weighted by Gasteiger charge is 2.44. The van der Waals surface area contributed by atoms with Gasteiger partial charge in [0.15, 0.2) is 5.78 Å². The van der Waals surface area contributed by atoms with E-state index >= 15 is 0 Å². The second kappa shape index (κ2) is 9.24. The smallest absolute Gasteiger partial charge is 0.244 e. The van der Waals surface area contributed by atoms with Crippen LogP contribution in [0.4, 0.5) is 25.8 Å². The monoisotopic (exact) mass is 585 g/mol. The van der Waals surface area contributed by atoms with Crippen molar-refractivity contribution in [3.63, 3.8) is 0 Å². The van der Waals surface area contributed by atoms with Crippen molar-refractivity contribution in [3.8, 4) is 0 Å². The molecule has 2 heterocycles. The highest BCUT2D eigenvalue weighted by atomic mass is 32.2. The Hall–Kier alpha value is -4.10. The van der Waals surface area contributed by atoms with Gasteiger partial charge >= 0.3 is 0 Å². The number of ketones is 1. The summed E-state index contributed by atoms with van der Waals surface area (Å²) in [7, 11) is -7.87. The van der Waals surface area contributed by atoms with E-state index < -0.39 is 54.4 Å². The third-order valence-corrected chi connectivity index (χ3v) is 10.3. The highest BCUT2D eigenvalue weighted by molar-refractivity contribution is 7.94. The van der Waals surface area contributed by atoms with Gasteiger partial charge in [0.1, 0.15) is 17.6 Å². The van der Waals surface area contributed by atoms with E-state index in [2.05, 4.69) is 10.0 Å². The zero-order chi connectivity index (χ0) is 28.4. The summed E-state index contributed by atoms with van der Waals surface area (Å²) in [4.78, 5) is 28.2. The minimum atomic E-state index is -4.23. The molecule has 2 aliphatic heterocycles. The van der Waals surface area contributed by atoms with Crippen molar-refractivity contribution in [2.75, 3.05) is 14.9 Å². The van der Waals surface area contributed by atoms with E-state index in [1.807, 2.05) is 0 Å². The zero-order valence-electron chi connectivity index (χ0n) is 20.6. The van der Waals surface area contributed by atoms with Gasteiger partial charge in [0.2, 0.25) is 25.8 Å². The lowest BCUT2D eigenvalue weighted by Gasteiger charge is -2.35. The molecular formula is C27H21F2N3O6S2. The number of carbonyl (C=O) groups excluding carboxylic acids is 2. The maximum atomic E-state index is 14.2. The molecule has 0 spiro atoms. The molecule has 3 aromatic rings. The topological polar surface area (TPSA) is 130 Å². The highest BCUT2D eigenvalue weighted by Crippen LogP contribution is 2.40. The summed E-state index contributed by atoms with van der Waals surface area (Å²) in [6.45, 7) is -0.0807. The van der Waals surface area contributed by atoms with Crippen molar-refractivity contribution in [2.45, 2.75) is 29.5 Å². The minimum Gasteiger partial charge on any atom is -0.356 e. The van der Waals surface area contributed by atoms with Gasteiger partial charge in [-0.1, -0.05) is 12.1 Å². The van der Waals surface area contributed by atoms with Crippen LogP contribution in [0.1, 0.15) is 28.8 Å². The van der Waals surface area contributed by atoms with Crippen LogP contribution in [0.3, 0.4) is 0 Å². The number of carbonyl (C=O) groups is 2. The van der Waals surface area contributed by atoms with E-state index in [4.69, 9.17) is 0 Å². The molecule has 1 amide bonds. The Morgan fingerprint density at radius 2 is 1.65 bits per heavy atom. The van der Waals surface area contributed by atoms with Crippen LogP contribution < -0.4 is 14.9 Å². The number of sulfone groups is 1. The molecule has 1 aliphatic carbocycles. The molecule has 0 radical (unpaired) electrons. The molecule has 0 saturated heterocycles. The van der Waals surface area contributed by atoms with Gasteiger partial charge in [0, 0.05) is 16.9 Å². The molecule has 13 heteroatoms. The molecule has 2 N–H and O–H groups in total. The predicted octanol–water partition coefficient (Wildman–Crippen LogP) is 3.96. The van der Waals surface area contributed by atoms with E-state index in [0.29, 0.717) is 18.4 Å². The van der Waals surface area contributed by atoms with Crippen LogP contribution in [-0.4, -0.2) is 33.8 Å². The average Bonchev–Trinajstić information content (AvgIpc) is 3.74. The predicted molar refractivity (Wildman–Crippen MR) is 143 cm³/mol. The minimum absolute atomic E-state index is 0.0441. The van der Waals surface area contributed by atoms with E-state index in [0.717, 1.165) is 17.5 Å². The summed E-state index contributed by atoms with van der Waals surface area (Å²) in [6.07, 6.45) is 1.06. The number of Topliss-reactive ketones (excluding diaryl/α,β-unsaturated/α-hetero) is 1. The fraction of sp³-hybridized carbons (Fsp3) is 0.185.